The van der Waals surface area contributed by atoms with Crippen molar-refractivity contribution in [2.75, 3.05) is 12.7 Å². The molecule has 138 valence electrons. The first kappa shape index (κ1) is 17.6. The topological polar surface area (TPSA) is 50.1 Å². The molecule has 0 saturated carbocycles. The molecule has 0 radical (unpaired) electrons. The second kappa shape index (κ2) is 7.08. The molecule has 0 aliphatic carbocycles. The molecule has 1 aromatic rings. The van der Waals surface area contributed by atoms with Crippen molar-refractivity contribution in [1.29, 1.82) is 0 Å². The molecule has 6 heteroatoms. The lowest BCUT2D eigenvalue weighted by Crippen LogP contribution is -2.37. The summed E-state index contributed by atoms with van der Waals surface area (Å²) in [5, 5.41) is 0. The van der Waals surface area contributed by atoms with E-state index in [0.717, 1.165) is 17.3 Å². The number of ether oxygens (including phenoxy) is 1. The fourth-order valence-corrected chi connectivity index (χ4v) is 7.67. The first-order chi connectivity index (χ1) is 12.5. The van der Waals surface area contributed by atoms with E-state index in [1.165, 1.54) is 35.9 Å². The van der Waals surface area contributed by atoms with Crippen molar-refractivity contribution in [2.24, 2.45) is 9.98 Å². The highest BCUT2D eigenvalue weighted by Crippen LogP contribution is 2.25. The molecular formula is C20H28N4OSi. The van der Waals surface area contributed by atoms with Gasteiger partial charge in [-0.15, -0.1) is 0 Å². The van der Waals surface area contributed by atoms with E-state index in [2.05, 4.69) is 58.8 Å². The predicted octanol–water partition coefficient (Wildman–Crippen LogP) is 2.40. The zero-order valence-electron chi connectivity index (χ0n) is 16.1. The van der Waals surface area contributed by atoms with Gasteiger partial charge in [0.15, 0.2) is 18.2 Å². The third-order valence-corrected chi connectivity index (χ3v) is 8.77. The minimum atomic E-state index is -0.778. The number of dihydropyridines is 1. The molecule has 4 atom stereocenters. The Hall–Kier alpha value is -1.79. The van der Waals surface area contributed by atoms with Crippen LogP contribution < -0.4 is 0 Å². The molecule has 0 spiro atoms. The Morgan fingerprint density at radius 1 is 1.27 bits per heavy atom. The van der Waals surface area contributed by atoms with Crippen molar-refractivity contribution in [1.82, 2.24) is 9.88 Å². The summed E-state index contributed by atoms with van der Waals surface area (Å²) in [7, 11) is -0.778. The van der Waals surface area contributed by atoms with Crippen LogP contribution in [0.4, 0.5) is 0 Å². The lowest BCUT2D eigenvalue weighted by atomic mass is 10.0. The van der Waals surface area contributed by atoms with E-state index in [-0.39, 0.29) is 12.3 Å². The van der Waals surface area contributed by atoms with Crippen LogP contribution in [0.2, 0.25) is 6.04 Å². The van der Waals surface area contributed by atoms with Gasteiger partial charge in [0.2, 0.25) is 0 Å². The molecule has 0 bridgehead atoms. The normalized spacial score (nSPS) is 29.2. The minimum Gasteiger partial charge on any atom is -0.469 e. The SMILES string of the molecule is CC1=NC2N=CC(C(C)N3CC[Si@H](Cc4cc(C)nc(C)c4)C3)=CC2O1. The summed E-state index contributed by atoms with van der Waals surface area (Å²) in [6, 6.07) is 7.61. The Morgan fingerprint density at radius 2 is 2.04 bits per heavy atom. The van der Waals surface area contributed by atoms with Gasteiger partial charge in [-0.3, -0.25) is 14.9 Å². The van der Waals surface area contributed by atoms with Gasteiger partial charge in [0.05, 0.1) is 8.80 Å². The van der Waals surface area contributed by atoms with E-state index < -0.39 is 8.80 Å². The summed E-state index contributed by atoms with van der Waals surface area (Å²) in [5.74, 6) is 0.749. The second-order valence-corrected chi connectivity index (χ2v) is 11.0. The van der Waals surface area contributed by atoms with Crippen molar-refractivity contribution < 1.29 is 4.74 Å². The van der Waals surface area contributed by atoms with Gasteiger partial charge < -0.3 is 4.74 Å². The summed E-state index contributed by atoms with van der Waals surface area (Å²) in [4.78, 5) is 16.2. The van der Waals surface area contributed by atoms with Gasteiger partial charge in [-0.25, -0.2) is 4.99 Å². The van der Waals surface area contributed by atoms with Gasteiger partial charge >= 0.3 is 0 Å². The van der Waals surface area contributed by atoms with Crippen molar-refractivity contribution in [2.45, 2.75) is 58.1 Å². The van der Waals surface area contributed by atoms with Crippen LogP contribution in [0.1, 0.15) is 30.8 Å². The Morgan fingerprint density at radius 3 is 2.81 bits per heavy atom. The zero-order valence-corrected chi connectivity index (χ0v) is 17.3. The maximum absolute atomic E-state index is 5.77. The Bertz CT molecular complexity index is 768. The zero-order chi connectivity index (χ0) is 18.3. The van der Waals surface area contributed by atoms with Crippen LogP contribution >= 0.6 is 0 Å². The lowest BCUT2D eigenvalue weighted by molar-refractivity contribution is 0.235. The van der Waals surface area contributed by atoms with Crippen LogP contribution in [0, 0.1) is 13.8 Å². The maximum atomic E-state index is 5.77. The average molecular weight is 369 g/mol. The van der Waals surface area contributed by atoms with Crippen LogP contribution in [-0.4, -0.2) is 61.8 Å². The summed E-state index contributed by atoms with van der Waals surface area (Å²) >= 11 is 0. The number of hydrogen-bond donors (Lipinski definition) is 0. The van der Waals surface area contributed by atoms with E-state index in [4.69, 9.17) is 4.74 Å². The van der Waals surface area contributed by atoms with Gasteiger partial charge in [0.25, 0.3) is 0 Å². The number of hydrogen-bond acceptors (Lipinski definition) is 5. The van der Waals surface area contributed by atoms with Crippen molar-refractivity contribution in [3.63, 3.8) is 0 Å². The summed E-state index contributed by atoms with van der Waals surface area (Å²) in [5.41, 5.74) is 5.05. The smallest absolute Gasteiger partial charge is 0.183 e. The van der Waals surface area contributed by atoms with E-state index in [1.807, 2.05) is 13.1 Å². The monoisotopic (exact) mass is 368 g/mol. The molecular weight excluding hydrogens is 340 g/mol. The third kappa shape index (κ3) is 3.66. The first-order valence-electron chi connectivity index (χ1n) is 9.62. The van der Waals surface area contributed by atoms with Crippen LogP contribution in [-0.2, 0) is 10.8 Å². The molecule has 26 heavy (non-hydrogen) atoms. The summed E-state index contributed by atoms with van der Waals surface area (Å²) in [6.07, 6.45) is 5.45. The molecule has 4 heterocycles. The highest BCUT2D eigenvalue weighted by molar-refractivity contribution is 6.59. The van der Waals surface area contributed by atoms with E-state index in [1.54, 1.807) is 0 Å². The number of aliphatic imine (C=N–C) groups is 2. The van der Waals surface area contributed by atoms with Crippen LogP contribution in [0.25, 0.3) is 0 Å². The van der Waals surface area contributed by atoms with Crippen LogP contribution in [0.5, 0.6) is 0 Å². The number of nitrogens with zero attached hydrogens (tertiary/aromatic N) is 4. The van der Waals surface area contributed by atoms with Crippen molar-refractivity contribution >= 4 is 20.9 Å². The number of aryl methyl sites for hydroxylation is 2. The molecule has 1 saturated heterocycles. The number of pyridine rings is 1. The van der Waals surface area contributed by atoms with Gasteiger partial charge in [-0.2, -0.15) is 0 Å². The van der Waals surface area contributed by atoms with Gasteiger partial charge in [0.1, 0.15) is 0 Å². The number of fused-ring (bicyclic) bond motifs is 1. The molecule has 0 amide bonds. The number of rotatable bonds is 4. The van der Waals surface area contributed by atoms with E-state index >= 15 is 0 Å². The molecule has 3 aliphatic rings. The fourth-order valence-electron chi connectivity index (χ4n) is 4.39. The molecule has 4 rings (SSSR count). The average Bonchev–Trinajstić information content (AvgIpc) is 3.17. The van der Waals surface area contributed by atoms with Crippen molar-refractivity contribution in [3.8, 4) is 0 Å². The maximum Gasteiger partial charge on any atom is 0.183 e. The highest BCUT2D eigenvalue weighted by Gasteiger charge is 2.33. The lowest BCUT2D eigenvalue weighted by Gasteiger charge is -2.28. The van der Waals surface area contributed by atoms with Crippen LogP contribution in [0.15, 0.2) is 33.8 Å². The second-order valence-electron chi connectivity index (χ2n) is 7.88. The third-order valence-electron chi connectivity index (χ3n) is 5.66. The number of aromatic nitrogens is 1. The van der Waals surface area contributed by atoms with Gasteiger partial charge in [-0.05, 0) is 74.9 Å². The van der Waals surface area contributed by atoms with Crippen molar-refractivity contribution in [3.05, 3.63) is 40.7 Å². The Kier molecular flexibility index (Phi) is 4.80. The molecule has 1 aromatic heterocycles. The standard InChI is InChI=1S/C20H28N4OSi/c1-13-7-17(8-14(2)22-13)11-26-6-5-24(12-26)15(3)18-9-19-20(21-10-18)23-16(4)25-19/h7-10,15,19-20,26H,5-6,11-12H2,1-4H3/t15?,19?,20?,26-/m1/s1. The molecule has 3 aliphatic heterocycles. The first-order valence-corrected chi connectivity index (χ1v) is 12.1. The molecule has 5 nitrogen and oxygen atoms in total. The Balaban J connectivity index is 1.38. The minimum absolute atomic E-state index is 0.00383. The van der Waals surface area contributed by atoms with Gasteiger partial charge in [-0.1, -0.05) is 0 Å². The molecule has 1 fully saturated rings. The fraction of sp³-hybridized carbons (Fsp3) is 0.550. The quantitative estimate of drug-likeness (QED) is 0.767. The summed E-state index contributed by atoms with van der Waals surface area (Å²) in [6.45, 7) is 9.61. The molecule has 0 N–H and O–H groups in total. The molecule has 3 unspecified atom stereocenters. The highest BCUT2D eigenvalue weighted by atomic mass is 28.3. The molecule has 0 aromatic carbocycles. The van der Waals surface area contributed by atoms with E-state index in [9.17, 15) is 0 Å². The largest absolute Gasteiger partial charge is 0.469 e. The van der Waals surface area contributed by atoms with Gasteiger partial charge in [0, 0.05) is 30.6 Å². The van der Waals surface area contributed by atoms with Crippen LogP contribution in [0.3, 0.4) is 0 Å². The van der Waals surface area contributed by atoms with E-state index in [0.29, 0.717) is 6.04 Å². The summed E-state index contributed by atoms with van der Waals surface area (Å²) < 4.78 is 5.77. The predicted molar refractivity (Wildman–Crippen MR) is 109 cm³/mol. The Labute approximate surface area is 157 Å².